The fraction of sp³-hybridized carbons (Fsp3) is 0.176. The molecule has 23 heavy (non-hydrogen) atoms. The first kappa shape index (κ1) is 16.4. The Labute approximate surface area is 133 Å². The molecule has 0 aromatic heterocycles. The van der Waals surface area contributed by atoms with Gasteiger partial charge in [0.15, 0.2) is 6.61 Å². The van der Waals surface area contributed by atoms with Crippen molar-refractivity contribution < 1.29 is 24.5 Å². The Morgan fingerprint density at radius 3 is 2.57 bits per heavy atom. The Hall–Kier alpha value is -3.02. The van der Waals surface area contributed by atoms with Crippen molar-refractivity contribution in [3.05, 3.63) is 53.6 Å². The number of aryl methyl sites for hydroxylation is 1. The molecule has 6 nitrogen and oxygen atoms in total. The van der Waals surface area contributed by atoms with Crippen LogP contribution in [0.4, 0.5) is 5.69 Å². The lowest BCUT2D eigenvalue weighted by Crippen LogP contribution is -2.21. The molecule has 0 saturated carbocycles. The number of phenols is 2. The van der Waals surface area contributed by atoms with Crippen LogP contribution < -0.4 is 5.32 Å². The van der Waals surface area contributed by atoms with E-state index in [4.69, 9.17) is 4.74 Å². The zero-order valence-corrected chi connectivity index (χ0v) is 12.6. The van der Waals surface area contributed by atoms with Crippen LogP contribution in [0, 0.1) is 0 Å². The average molecular weight is 315 g/mol. The quantitative estimate of drug-likeness (QED) is 0.737. The van der Waals surface area contributed by atoms with Gasteiger partial charge in [0, 0.05) is 11.8 Å². The molecule has 2 aromatic rings. The van der Waals surface area contributed by atoms with Crippen LogP contribution in [0.15, 0.2) is 42.5 Å². The topological polar surface area (TPSA) is 95.9 Å². The number of esters is 1. The number of amides is 1. The molecule has 0 radical (unpaired) electrons. The number of carbonyl (C=O) groups excluding carboxylic acids is 2. The second-order valence-electron chi connectivity index (χ2n) is 4.84. The lowest BCUT2D eigenvalue weighted by molar-refractivity contribution is -0.119. The molecule has 0 saturated heterocycles. The summed E-state index contributed by atoms with van der Waals surface area (Å²) in [5.41, 5.74) is 1.52. The molecule has 0 aliphatic heterocycles. The maximum absolute atomic E-state index is 11.9. The third-order valence-electron chi connectivity index (χ3n) is 3.21. The summed E-state index contributed by atoms with van der Waals surface area (Å²) < 4.78 is 4.86. The molecule has 3 N–H and O–H groups in total. The third kappa shape index (κ3) is 4.23. The molecule has 1 amide bonds. The number of nitrogens with one attached hydrogen (secondary N) is 1. The van der Waals surface area contributed by atoms with Crippen LogP contribution in [0.5, 0.6) is 11.5 Å². The molecule has 0 spiro atoms. The Morgan fingerprint density at radius 2 is 1.87 bits per heavy atom. The smallest absolute Gasteiger partial charge is 0.342 e. The van der Waals surface area contributed by atoms with Crippen LogP contribution in [0.25, 0.3) is 0 Å². The van der Waals surface area contributed by atoms with Gasteiger partial charge in [-0.05, 0) is 30.2 Å². The van der Waals surface area contributed by atoms with Gasteiger partial charge in [-0.25, -0.2) is 4.79 Å². The van der Waals surface area contributed by atoms with Crippen LogP contribution in [0.3, 0.4) is 0 Å². The van der Waals surface area contributed by atoms with Crippen molar-refractivity contribution in [3.8, 4) is 11.5 Å². The van der Waals surface area contributed by atoms with Crippen LogP contribution in [-0.4, -0.2) is 28.7 Å². The molecular weight excluding hydrogens is 298 g/mol. The number of hydrogen-bond acceptors (Lipinski definition) is 5. The van der Waals surface area contributed by atoms with E-state index in [1.807, 2.05) is 19.1 Å². The van der Waals surface area contributed by atoms with Crippen LogP contribution in [0.1, 0.15) is 22.8 Å². The molecular formula is C17H17NO5. The standard InChI is InChI=1S/C17H17NO5/c1-2-11-5-3-4-6-14(11)18-16(21)10-23-17(22)13-8-7-12(19)9-15(13)20/h3-9,19-20H,2,10H2,1H3,(H,18,21). The predicted molar refractivity (Wildman–Crippen MR) is 84.5 cm³/mol. The van der Waals surface area contributed by atoms with Gasteiger partial charge >= 0.3 is 5.97 Å². The van der Waals surface area contributed by atoms with Gasteiger partial charge in [0.25, 0.3) is 5.91 Å². The van der Waals surface area contributed by atoms with E-state index >= 15 is 0 Å². The molecule has 2 aromatic carbocycles. The monoisotopic (exact) mass is 315 g/mol. The lowest BCUT2D eigenvalue weighted by atomic mass is 10.1. The lowest BCUT2D eigenvalue weighted by Gasteiger charge is -2.10. The van der Waals surface area contributed by atoms with Crippen LogP contribution >= 0.6 is 0 Å². The van der Waals surface area contributed by atoms with Crippen molar-refractivity contribution in [1.29, 1.82) is 0 Å². The summed E-state index contributed by atoms with van der Waals surface area (Å²) in [4.78, 5) is 23.7. The number of hydrogen-bond donors (Lipinski definition) is 3. The minimum Gasteiger partial charge on any atom is -0.508 e. The second kappa shape index (κ2) is 7.31. The van der Waals surface area contributed by atoms with Crippen LogP contribution in [-0.2, 0) is 16.0 Å². The third-order valence-corrected chi connectivity index (χ3v) is 3.21. The van der Waals surface area contributed by atoms with Gasteiger partial charge in [-0.1, -0.05) is 25.1 Å². The van der Waals surface area contributed by atoms with Gasteiger partial charge in [-0.15, -0.1) is 0 Å². The summed E-state index contributed by atoms with van der Waals surface area (Å²) in [5.74, 6) is -1.90. The van der Waals surface area contributed by atoms with Crippen molar-refractivity contribution in [2.45, 2.75) is 13.3 Å². The highest BCUT2D eigenvalue weighted by Crippen LogP contribution is 2.23. The number of ether oxygens (including phenoxy) is 1. The summed E-state index contributed by atoms with van der Waals surface area (Å²) >= 11 is 0. The minimum atomic E-state index is -0.846. The summed E-state index contributed by atoms with van der Waals surface area (Å²) in [5, 5.41) is 21.4. The maximum atomic E-state index is 11.9. The number of aromatic hydroxyl groups is 2. The van der Waals surface area contributed by atoms with Crippen molar-refractivity contribution in [2.24, 2.45) is 0 Å². The molecule has 6 heteroatoms. The molecule has 0 aliphatic carbocycles. The van der Waals surface area contributed by atoms with Crippen LogP contribution in [0.2, 0.25) is 0 Å². The molecule has 0 atom stereocenters. The molecule has 2 rings (SSSR count). The van der Waals surface area contributed by atoms with E-state index < -0.39 is 24.2 Å². The zero-order chi connectivity index (χ0) is 16.8. The highest BCUT2D eigenvalue weighted by Gasteiger charge is 2.15. The highest BCUT2D eigenvalue weighted by atomic mass is 16.5. The van der Waals surface area contributed by atoms with E-state index in [2.05, 4.69) is 5.32 Å². The highest BCUT2D eigenvalue weighted by molar-refractivity contribution is 5.97. The molecule has 0 bridgehead atoms. The van der Waals surface area contributed by atoms with E-state index in [1.165, 1.54) is 12.1 Å². The fourth-order valence-corrected chi connectivity index (χ4v) is 2.04. The van der Waals surface area contributed by atoms with E-state index in [0.717, 1.165) is 18.1 Å². The predicted octanol–water partition coefficient (Wildman–Crippen LogP) is 2.46. The van der Waals surface area contributed by atoms with E-state index in [0.29, 0.717) is 5.69 Å². The summed E-state index contributed by atoms with van der Waals surface area (Å²) in [6.07, 6.45) is 0.762. The van der Waals surface area contributed by atoms with Crippen molar-refractivity contribution >= 4 is 17.6 Å². The molecule has 0 aliphatic rings. The number of carbonyl (C=O) groups is 2. The number of rotatable bonds is 5. The largest absolute Gasteiger partial charge is 0.508 e. The Balaban J connectivity index is 1.95. The summed E-state index contributed by atoms with van der Waals surface area (Å²) in [6, 6.07) is 10.8. The fourth-order valence-electron chi connectivity index (χ4n) is 2.04. The van der Waals surface area contributed by atoms with Gasteiger partial charge in [0.05, 0.1) is 0 Å². The molecule has 0 heterocycles. The van der Waals surface area contributed by atoms with Gasteiger partial charge in [-0.3, -0.25) is 4.79 Å². The zero-order valence-electron chi connectivity index (χ0n) is 12.6. The normalized spacial score (nSPS) is 10.1. The van der Waals surface area contributed by atoms with Gasteiger partial charge < -0.3 is 20.3 Å². The first-order chi connectivity index (χ1) is 11.0. The van der Waals surface area contributed by atoms with E-state index in [-0.39, 0.29) is 11.3 Å². The summed E-state index contributed by atoms with van der Waals surface area (Å²) in [6.45, 7) is 1.50. The Bertz CT molecular complexity index is 727. The maximum Gasteiger partial charge on any atom is 0.342 e. The van der Waals surface area contributed by atoms with E-state index in [1.54, 1.807) is 12.1 Å². The van der Waals surface area contributed by atoms with Gasteiger partial charge in [-0.2, -0.15) is 0 Å². The number of anilines is 1. The first-order valence-electron chi connectivity index (χ1n) is 7.08. The average Bonchev–Trinajstić information content (AvgIpc) is 2.53. The molecule has 0 fully saturated rings. The van der Waals surface area contributed by atoms with Crippen molar-refractivity contribution in [1.82, 2.24) is 0 Å². The van der Waals surface area contributed by atoms with E-state index in [9.17, 15) is 19.8 Å². The Kier molecular flexibility index (Phi) is 5.19. The second-order valence-corrected chi connectivity index (χ2v) is 4.84. The van der Waals surface area contributed by atoms with Gasteiger partial charge in [0.1, 0.15) is 17.1 Å². The number of para-hydroxylation sites is 1. The SMILES string of the molecule is CCc1ccccc1NC(=O)COC(=O)c1ccc(O)cc1O. The number of benzene rings is 2. The Morgan fingerprint density at radius 1 is 1.13 bits per heavy atom. The summed E-state index contributed by atoms with van der Waals surface area (Å²) in [7, 11) is 0. The van der Waals surface area contributed by atoms with Crippen molar-refractivity contribution in [2.75, 3.05) is 11.9 Å². The number of phenolic OH excluding ortho intramolecular Hbond substituents is 2. The first-order valence-corrected chi connectivity index (χ1v) is 7.08. The molecule has 120 valence electrons. The molecule has 0 unspecified atom stereocenters. The van der Waals surface area contributed by atoms with Crippen molar-refractivity contribution in [3.63, 3.8) is 0 Å². The minimum absolute atomic E-state index is 0.121. The van der Waals surface area contributed by atoms with Gasteiger partial charge in [0.2, 0.25) is 0 Å².